The maximum absolute atomic E-state index is 13.7. The largest absolute Gasteiger partial charge is 0.343 e. The van der Waals surface area contributed by atoms with E-state index in [1.54, 1.807) is 4.90 Å². The molecule has 9 heteroatoms. The smallest absolute Gasteiger partial charge is 0.249 e. The van der Waals surface area contributed by atoms with E-state index in [4.69, 9.17) is 5.73 Å². The van der Waals surface area contributed by atoms with Crippen LogP contribution in [0.15, 0.2) is 72.8 Å². The van der Waals surface area contributed by atoms with Crippen LogP contribution >= 0.6 is 0 Å². The first-order chi connectivity index (χ1) is 18.0. The van der Waals surface area contributed by atoms with Crippen LogP contribution in [0.5, 0.6) is 0 Å². The van der Waals surface area contributed by atoms with Crippen molar-refractivity contribution < 1.29 is 9.59 Å². The van der Waals surface area contributed by atoms with Gasteiger partial charge in [-0.05, 0) is 52.8 Å². The molecule has 5 rings (SSSR count). The zero-order valence-corrected chi connectivity index (χ0v) is 20.6. The molecule has 1 aliphatic rings. The SMILES string of the molecule is CC[C@@H](N)C(=O)N[C@@H]1CCc2ccccc2N(Cc2ccc(-c3ccccc3-c3nn[nH]n3)cc2)C1=O. The summed E-state index contributed by atoms with van der Waals surface area (Å²) in [7, 11) is 0. The number of para-hydroxylation sites is 1. The van der Waals surface area contributed by atoms with Crippen molar-refractivity contribution in [1.29, 1.82) is 0 Å². The molecule has 4 N–H and O–H groups in total. The third-order valence-corrected chi connectivity index (χ3v) is 6.76. The van der Waals surface area contributed by atoms with Gasteiger partial charge in [-0.15, -0.1) is 10.2 Å². The van der Waals surface area contributed by atoms with Crippen LogP contribution in [-0.4, -0.2) is 44.5 Å². The average molecular weight is 496 g/mol. The van der Waals surface area contributed by atoms with Crippen LogP contribution in [0.2, 0.25) is 0 Å². The van der Waals surface area contributed by atoms with E-state index in [-0.39, 0.29) is 11.8 Å². The van der Waals surface area contributed by atoms with Gasteiger partial charge in [-0.1, -0.05) is 73.7 Å². The van der Waals surface area contributed by atoms with Crippen molar-refractivity contribution in [3.05, 3.63) is 83.9 Å². The quantitative estimate of drug-likeness (QED) is 0.361. The summed E-state index contributed by atoms with van der Waals surface area (Å²) in [5.74, 6) is 0.104. The van der Waals surface area contributed by atoms with Gasteiger partial charge in [0, 0.05) is 11.3 Å². The molecule has 0 saturated carbocycles. The van der Waals surface area contributed by atoms with E-state index in [1.807, 2.05) is 79.7 Å². The average Bonchev–Trinajstić information content (AvgIpc) is 3.45. The van der Waals surface area contributed by atoms with E-state index in [0.29, 0.717) is 31.6 Å². The van der Waals surface area contributed by atoms with Gasteiger partial charge < -0.3 is 16.0 Å². The number of H-pyrrole nitrogens is 1. The minimum absolute atomic E-state index is 0.131. The number of aromatic amines is 1. The third kappa shape index (κ3) is 5.12. The Labute approximate surface area is 215 Å². The number of fused-ring (bicyclic) bond motifs is 1. The summed E-state index contributed by atoms with van der Waals surface area (Å²) in [6.45, 7) is 2.24. The number of anilines is 1. The van der Waals surface area contributed by atoms with Crippen LogP contribution in [0.1, 0.15) is 30.9 Å². The highest BCUT2D eigenvalue weighted by molar-refractivity contribution is 6.00. The second-order valence-electron chi connectivity index (χ2n) is 9.15. The van der Waals surface area contributed by atoms with Crippen molar-refractivity contribution in [2.75, 3.05) is 4.90 Å². The topological polar surface area (TPSA) is 130 Å². The summed E-state index contributed by atoms with van der Waals surface area (Å²) in [4.78, 5) is 27.9. The number of tetrazole rings is 1. The molecule has 0 spiro atoms. The number of hydrogen-bond donors (Lipinski definition) is 3. The Bertz CT molecular complexity index is 1390. The Hall–Kier alpha value is -4.37. The molecule has 0 unspecified atom stereocenters. The monoisotopic (exact) mass is 495 g/mol. The molecule has 4 aromatic rings. The van der Waals surface area contributed by atoms with Crippen LogP contribution in [0, 0.1) is 0 Å². The molecule has 2 heterocycles. The summed E-state index contributed by atoms with van der Waals surface area (Å²) in [6, 6.07) is 22.6. The van der Waals surface area contributed by atoms with Gasteiger partial charge >= 0.3 is 0 Å². The Balaban J connectivity index is 1.42. The van der Waals surface area contributed by atoms with Crippen molar-refractivity contribution in [3.8, 4) is 22.5 Å². The number of hydrogen-bond acceptors (Lipinski definition) is 6. The number of carbonyl (C=O) groups excluding carboxylic acids is 2. The number of nitrogens with two attached hydrogens (primary N) is 1. The molecule has 37 heavy (non-hydrogen) atoms. The molecule has 1 aromatic heterocycles. The standard InChI is InChI=1S/C28H29N7O2/c1-2-23(29)27(36)30-24-16-15-20-7-3-6-10-25(20)35(28(24)37)17-18-11-13-19(14-12-18)21-8-4-5-9-22(21)26-31-33-34-32-26/h3-14,23-24H,2,15-17,29H2,1H3,(H,30,36)(H,31,32,33,34)/t23-,24-/m1/s1. The summed E-state index contributed by atoms with van der Waals surface area (Å²) >= 11 is 0. The number of amides is 2. The van der Waals surface area contributed by atoms with E-state index >= 15 is 0 Å². The van der Waals surface area contributed by atoms with E-state index in [9.17, 15) is 9.59 Å². The van der Waals surface area contributed by atoms with E-state index in [0.717, 1.165) is 33.5 Å². The number of nitrogens with zero attached hydrogens (tertiary/aromatic N) is 4. The first-order valence-corrected chi connectivity index (χ1v) is 12.4. The highest BCUT2D eigenvalue weighted by Gasteiger charge is 2.32. The molecular weight excluding hydrogens is 466 g/mol. The minimum atomic E-state index is -0.630. The van der Waals surface area contributed by atoms with Gasteiger partial charge in [-0.3, -0.25) is 9.59 Å². The maximum atomic E-state index is 13.7. The first kappa shape index (κ1) is 24.3. The van der Waals surface area contributed by atoms with Crippen molar-refractivity contribution in [2.24, 2.45) is 5.73 Å². The molecule has 0 radical (unpaired) electrons. The summed E-state index contributed by atoms with van der Waals surface area (Å²) in [6.07, 6.45) is 1.73. The number of benzene rings is 3. The van der Waals surface area contributed by atoms with Crippen LogP contribution in [-0.2, 0) is 22.6 Å². The van der Waals surface area contributed by atoms with Crippen molar-refractivity contribution in [3.63, 3.8) is 0 Å². The molecule has 1 aliphatic heterocycles. The number of aromatic nitrogens is 4. The Morgan fingerprint density at radius 2 is 1.81 bits per heavy atom. The summed E-state index contributed by atoms with van der Waals surface area (Å²) in [5.41, 5.74) is 11.7. The number of nitrogens with one attached hydrogen (secondary N) is 2. The Morgan fingerprint density at radius 1 is 1.08 bits per heavy atom. The molecule has 2 atom stereocenters. The van der Waals surface area contributed by atoms with Crippen LogP contribution in [0.3, 0.4) is 0 Å². The predicted octanol–water partition coefficient (Wildman–Crippen LogP) is 3.24. The highest BCUT2D eigenvalue weighted by atomic mass is 16.2. The number of rotatable bonds is 7. The molecule has 2 amide bonds. The second-order valence-corrected chi connectivity index (χ2v) is 9.15. The van der Waals surface area contributed by atoms with E-state index in [2.05, 4.69) is 25.9 Å². The fourth-order valence-electron chi connectivity index (χ4n) is 4.65. The van der Waals surface area contributed by atoms with Gasteiger partial charge in [0.05, 0.1) is 12.6 Å². The van der Waals surface area contributed by atoms with Crippen LogP contribution in [0.25, 0.3) is 22.5 Å². The number of aryl methyl sites for hydroxylation is 1. The molecular formula is C28H29N7O2. The molecule has 0 aliphatic carbocycles. The number of carbonyl (C=O) groups is 2. The van der Waals surface area contributed by atoms with Crippen molar-refractivity contribution in [2.45, 2.75) is 44.8 Å². The lowest BCUT2D eigenvalue weighted by Crippen LogP contribution is -2.52. The van der Waals surface area contributed by atoms with E-state index in [1.165, 1.54) is 0 Å². The Morgan fingerprint density at radius 3 is 2.54 bits per heavy atom. The van der Waals surface area contributed by atoms with Gasteiger partial charge in [0.2, 0.25) is 17.6 Å². The fourth-order valence-corrected chi connectivity index (χ4v) is 4.65. The van der Waals surface area contributed by atoms with Crippen molar-refractivity contribution >= 4 is 17.5 Å². The molecule has 0 fully saturated rings. The minimum Gasteiger partial charge on any atom is -0.343 e. The molecule has 0 bridgehead atoms. The van der Waals surface area contributed by atoms with Gasteiger partial charge in [0.25, 0.3) is 0 Å². The van der Waals surface area contributed by atoms with Gasteiger partial charge in [-0.2, -0.15) is 5.21 Å². The zero-order valence-electron chi connectivity index (χ0n) is 20.6. The lowest BCUT2D eigenvalue weighted by molar-refractivity contribution is -0.128. The van der Waals surface area contributed by atoms with Crippen LogP contribution in [0.4, 0.5) is 5.69 Å². The Kier molecular flexibility index (Phi) is 7.04. The molecule has 3 aromatic carbocycles. The molecule has 9 nitrogen and oxygen atoms in total. The first-order valence-electron chi connectivity index (χ1n) is 12.4. The second kappa shape index (κ2) is 10.7. The van der Waals surface area contributed by atoms with Crippen molar-refractivity contribution in [1.82, 2.24) is 25.9 Å². The highest BCUT2D eigenvalue weighted by Crippen LogP contribution is 2.31. The fraction of sp³-hybridized carbons (Fsp3) is 0.250. The lowest BCUT2D eigenvalue weighted by atomic mass is 9.98. The maximum Gasteiger partial charge on any atom is 0.249 e. The van der Waals surface area contributed by atoms with E-state index < -0.39 is 12.1 Å². The molecule has 0 saturated heterocycles. The summed E-state index contributed by atoms with van der Waals surface area (Å²) in [5, 5.41) is 17.3. The van der Waals surface area contributed by atoms with Crippen LogP contribution < -0.4 is 16.0 Å². The van der Waals surface area contributed by atoms with Gasteiger partial charge in [-0.25, -0.2) is 0 Å². The lowest BCUT2D eigenvalue weighted by Gasteiger charge is -2.27. The zero-order chi connectivity index (χ0) is 25.8. The molecule has 188 valence electrons. The third-order valence-electron chi connectivity index (χ3n) is 6.76. The van der Waals surface area contributed by atoms with Gasteiger partial charge in [0.15, 0.2) is 0 Å². The van der Waals surface area contributed by atoms with Gasteiger partial charge in [0.1, 0.15) is 6.04 Å². The summed E-state index contributed by atoms with van der Waals surface area (Å²) < 4.78 is 0. The normalized spacial score (nSPS) is 16.1. The predicted molar refractivity (Wildman–Crippen MR) is 141 cm³/mol.